The van der Waals surface area contributed by atoms with Gasteiger partial charge in [-0.2, -0.15) is 0 Å². The molecule has 1 aromatic heterocycles. The lowest BCUT2D eigenvalue weighted by atomic mass is 9.97. The molecule has 0 fully saturated rings. The maximum Gasteiger partial charge on any atom is 0.233 e. The Labute approximate surface area is 180 Å². The van der Waals surface area contributed by atoms with Crippen molar-refractivity contribution in [2.75, 3.05) is 24.7 Å². The number of hydrogen-bond donors (Lipinski definition) is 1. The molecule has 5 nitrogen and oxygen atoms in total. The largest absolute Gasteiger partial charge is 0.360 e. The van der Waals surface area contributed by atoms with Gasteiger partial charge in [0.15, 0.2) is 4.34 Å². The number of benzene rings is 2. The average Bonchev–Trinajstić information content (AvgIpc) is 3.21. The van der Waals surface area contributed by atoms with Crippen molar-refractivity contribution in [1.82, 2.24) is 15.1 Å². The van der Waals surface area contributed by atoms with Gasteiger partial charge in [0.2, 0.25) is 11.0 Å². The molecular formula is C22H26N4OS2. The second kappa shape index (κ2) is 11.0. The number of nitrogens with zero attached hydrogens (tertiary/aromatic N) is 3. The molecule has 0 unspecified atom stereocenters. The van der Waals surface area contributed by atoms with Crippen LogP contribution in [0.15, 0.2) is 65.0 Å². The number of aromatic nitrogens is 2. The van der Waals surface area contributed by atoms with Crippen LogP contribution in [0.25, 0.3) is 0 Å². The lowest BCUT2D eigenvalue weighted by molar-refractivity contribution is -0.128. The van der Waals surface area contributed by atoms with Crippen LogP contribution in [0, 0.1) is 0 Å². The van der Waals surface area contributed by atoms with Gasteiger partial charge in [-0.15, -0.1) is 10.2 Å². The van der Waals surface area contributed by atoms with E-state index < -0.39 is 0 Å². The molecule has 3 aromatic rings. The van der Waals surface area contributed by atoms with Crippen LogP contribution in [0.1, 0.15) is 36.9 Å². The van der Waals surface area contributed by atoms with E-state index in [-0.39, 0.29) is 11.9 Å². The van der Waals surface area contributed by atoms with E-state index in [1.54, 1.807) is 0 Å². The Morgan fingerprint density at radius 3 is 2.28 bits per heavy atom. The first-order chi connectivity index (χ1) is 14.2. The van der Waals surface area contributed by atoms with Crippen LogP contribution in [0.4, 0.5) is 5.13 Å². The average molecular weight is 427 g/mol. The van der Waals surface area contributed by atoms with E-state index in [2.05, 4.69) is 46.7 Å². The van der Waals surface area contributed by atoms with Gasteiger partial charge in [0, 0.05) is 13.6 Å². The van der Waals surface area contributed by atoms with E-state index in [4.69, 9.17) is 0 Å². The van der Waals surface area contributed by atoms with Gasteiger partial charge in [-0.1, -0.05) is 97.1 Å². The third-order valence-corrected chi connectivity index (χ3v) is 6.54. The minimum absolute atomic E-state index is 0.0587. The Bertz CT molecular complexity index is 847. The number of rotatable bonds is 10. The molecule has 29 heavy (non-hydrogen) atoms. The van der Waals surface area contributed by atoms with Crippen LogP contribution in [0.2, 0.25) is 0 Å². The van der Waals surface area contributed by atoms with Crippen LogP contribution < -0.4 is 5.32 Å². The summed E-state index contributed by atoms with van der Waals surface area (Å²) < 4.78 is 0.807. The van der Waals surface area contributed by atoms with Crippen LogP contribution in [0.5, 0.6) is 0 Å². The maximum absolute atomic E-state index is 13.0. The third kappa shape index (κ3) is 6.05. The second-order valence-corrected chi connectivity index (χ2v) is 8.87. The Morgan fingerprint density at radius 1 is 1.07 bits per heavy atom. The third-order valence-electron chi connectivity index (χ3n) is 4.54. The van der Waals surface area contributed by atoms with Crippen LogP contribution in [-0.4, -0.2) is 40.3 Å². The zero-order chi connectivity index (χ0) is 20.5. The Hall–Kier alpha value is -2.38. The molecular weight excluding hydrogens is 400 g/mol. The number of hydrogen-bond acceptors (Lipinski definition) is 6. The molecule has 1 amide bonds. The predicted molar refractivity (Wildman–Crippen MR) is 122 cm³/mol. The minimum atomic E-state index is -0.119. The molecule has 0 radical (unpaired) electrons. The summed E-state index contributed by atoms with van der Waals surface area (Å²) >= 11 is 2.94. The van der Waals surface area contributed by atoms with Gasteiger partial charge in [-0.3, -0.25) is 4.79 Å². The highest BCUT2D eigenvalue weighted by molar-refractivity contribution is 8.01. The molecule has 3 rings (SSSR count). The van der Waals surface area contributed by atoms with E-state index in [9.17, 15) is 4.79 Å². The van der Waals surface area contributed by atoms with Crippen molar-refractivity contribution in [3.8, 4) is 0 Å². The highest BCUT2D eigenvalue weighted by Crippen LogP contribution is 2.30. The summed E-state index contributed by atoms with van der Waals surface area (Å²) in [6.07, 6.45) is 2.24. The number of nitrogens with one attached hydrogen (secondary N) is 1. The number of unbranched alkanes of at least 4 members (excludes halogenated alkanes) is 1. The van der Waals surface area contributed by atoms with Crippen molar-refractivity contribution in [3.05, 3.63) is 71.8 Å². The van der Waals surface area contributed by atoms with Crippen molar-refractivity contribution in [2.45, 2.75) is 30.1 Å². The fourth-order valence-corrected chi connectivity index (χ4v) is 4.69. The number of carbonyl (C=O) groups is 1. The molecule has 0 saturated carbocycles. The lowest BCUT2D eigenvalue weighted by Gasteiger charge is -2.29. The van der Waals surface area contributed by atoms with E-state index in [1.165, 1.54) is 23.1 Å². The molecule has 2 aromatic carbocycles. The Morgan fingerprint density at radius 2 is 1.69 bits per heavy atom. The van der Waals surface area contributed by atoms with Crippen LogP contribution in [0.3, 0.4) is 0 Å². The molecule has 0 aliphatic rings. The maximum atomic E-state index is 13.0. The topological polar surface area (TPSA) is 58.1 Å². The van der Waals surface area contributed by atoms with Crippen molar-refractivity contribution in [2.24, 2.45) is 0 Å². The molecule has 0 bridgehead atoms. The van der Waals surface area contributed by atoms with Crippen molar-refractivity contribution in [3.63, 3.8) is 0 Å². The summed E-state index contributed by atoms with van der Waals surface area (Å²) in [5.74, 6) is 0.388. The van der Waals surface area contributed by atoms with E-state index >= 15 is 0 Å². The summed E-state index contributed by atoms with van der Waals surface area (Å²) in [4.78, 5) is 14.8. The number of amides is 1. The molecule has 0 atom stereocenters. The van der Waals surface area contributed by atoms with Crippen molar-refractivity contribution in [1.29, 1.82) is 0 Å². The predicted octanol–water partition coefficient (Wildman–Crippen LogP) is 5.09. The van der Waals surface area contributed by atoms with Crippen LogP contribution in [-0.2, 0) is 4.79 Å². The highest BCUT2D eigenvalue weighted by Gasteiger charge is 2.23. The van der Waals surface area contributed by atoms with E-state index in [1.807, 2.05) is 48.3 Å². The Balaban J connectivity index is 1.65. The second-order valence-electron chi connectivity index (χ2n) is 6.67. The molecule has 1 heterocycles. The molecule has 0 aliphatic heterocycles. The fraction of sp³-hybridized carbons (Fsp3) is 0.318. The zero-order valence-corrected chi connectivity index (χ0v) is 18.4. The summed E-state index contributed by atoms with van der Waals surface area (Å²) in [6, 6.07) is 20.1. The molecule has 1 N–H and O–H groups in total. The quantitative estimate of drug-likeness (QED) is 0.361. The first-order valence-corrected chi connectivity index (χ1v) is 11.5. The summed E-state index contributed by atoms with van der Waals surface area (Å²) in [7, 11) is 1.87. The standard InChI is InChI=1S/C22H26N4OS2/c1-3-4-15-23-21-24-25-22(29-21)28-16-19(27)26(2)20(17-11-7-5-8-12-17)18-13-9-6-10-14-18/h5-14,20H,3-4,15-16H2,1-2H3,(H,23,24). The molecule has 7 heteroatoms. The lowest BCUT2D eigenvalue weighted by Crippen LogP contribution is -2.33. The van der Waals surface area contributed by atoms with Crippen molar-refractivity contribution >= 4 is 34.1 Å². The summed E-state index contributed by atoms with van der Waals surface area (Å²) in [5, 5.41) is 12.4. The van der Waals surface area contributed by atoms with E-state index in [0.29, 0.717) is 5.75 Å². The number of thioether (sulfide) groups is 1. The van der Waals surface area contributed by atoms with Gasteiger partial charge in [-0.05, 0) is 17.5 Å². The monoisotopic (exact) mass is 426 g/mol. The molecule has 0 saturated heterocycles. The minimum Gasteiger partial charge on any atom is -0.360 e. The SMILES string of the molecule is CCCCNc1nnc(SCC(=O)N(C)C(c2ccccc2)c2ccccc2)s1. The first kappa shape index (κ1) is 21.3. The van der Waals surface area contributed by atoms with E-state index in [0.717, 1.165) is 40.0 Å². The molecule has 152 valence electrons. The van der Waals surface area contributed by atoms with Gasteiger partial charge in [0.25, 0.3) is 0 Å². The van der Waals surface area contributed by atoms with Gasteiger partial charge in [0.05, 0.1) is 11.8 Å². The normalized spacial score (nSPS) is 10.9. The first-order valence-electron chi connectivity index (χ1n) is 9.74. The highest BCUT2D eigenvalue weighted by atomic mass is 32.2. The van der Waals surface area contributed by atoms with Crippen LogP contribution >= 0.6 is 23.1 Å². The van der Waals surface area contributed by atoms with Crippen molar-refractivity contribution < 1.29 is 4.79 Å². The molecule has 0 spiro atoms. The number of carbonyl (C=O) groups excluding carboxylic acids is 1. The smallest absolute Gasteiger partial charge is 0.233 e. The Kier molecular flexibility index (Phi) is 8.07. The van der Waals surface area contributed by atoms with Gasteiger partial charge in [-0.25, -0.2) is 0 Å². The number of anilines is 1. The summed E-state index contributed by atoms with van der Waals surface area (Å²) in [6.45, 7) is 3.05. The summed E-state index contributed by atoms with van der Waals surface area (Å²) in [5.41, 5.74) is 2.19. The molecule has 0 aliphatic carbocycles. The van der Waals surface area contributed by atoms with Gasteiger partial charge in [0.1, 0.15) is 0 Å². The fourth-order valence-electron chi connectivity index (χ4n) is 2.99. The van der Waals surface area contributed by atoms with Gasteiger partial charge >= 0.3 is 0 Å². The van der Waals surface area contributed by atoms with Gasteiger partial charge < -0.3 is 10.2 Å². The zero-order valence-electron chi connectivity index (χ0n) is 16.7.